The largest absolute Gasteiger partial charge is 0.433 e. The molecule has 0 amide bonds. The molecule has 2 aromatic heterocycles. The molecule has 4 rings (SSSR count). The van der Waals surface area contributed by atoms with E-state index in [0.29, 0.717) is 10.9 Å². The molecular formula is C22H9F6N5. The number of benzene rings is 2. The van der Waals surface area contributed by atoms with Crippen molar-refractivity contribution in [3.05, 3.63) is 76.7 Å². The molecule has 0 aliphatic rings. The second-order valence-electron chi connectivity index (χ2n) is 6.83. The summed E-state index contributed by atoms with van der Waals surface area (Å²) in [5.41, 5.74) is -5.55. The van der Waals surface area contributed by atoms with Gasteiger partial charge in [0, 0.05) is 0 Å². The van der Waals surface area contributed by atoms with Gasteiger partial charge in [-0.1, -0.05) is 42.5 Å². The SMILES string of the molecule is N#CC(=Cc1cccc2ccccc12)c1nn2c(C(F)(F)F)cc(C(F)(F)F)nc2c1C#N. The number of rotatable bonds is 2. The molecule has 2 heterocycles. The highest BCUT2D eigenvalue weighted by atomic mass is 19.4. The van der Waals surface area contributed by atoms with E-state index in [4.69, 9.17) is 0 Å². The van der Waals surface area contributed by atoms with Gasteiger partial charge in [-0.05, 0) is 28.5 Å². The molecule has 0 unspecified atom stereocenters. The Labute approximate surface area is 181 Å². The van der Waals surface area contributed by atoms with Gasteiger partial charge in [-0.3, -0.25) is 0 Å². The standard InChI is InChI=1S/C22H9F6N5/c23-21(24,25)17-9-18(22(26,27)28)33-20(31-17)16(11-30)19(32-33)14(10-29)8-13-6-3-5-12-4-1-2-7-15(12)13/h1-9H. The minimum atomic E-state index is -5.23. The van der Waals surface area contributed by atoms with Gasteiger partial charge >= 0.3 is 12.4 Å². The Kier molecular flexibility index (Phi) is 5.05. The summed E-state index contributed by atoms with van der Waals surface area (Å²) in [6, 6.07) is 15.4. The van der Waals surface area contributed by atoms with Crippen LogP contribution >= 0.6 is 0 Å². The first-order valence-electron chi connectivity index (χ1n) is 9.13. The number of halogens is 6. The highest BCUT2D eigenvalue weighted by Crippen LogP contribution is 2.36. The molecule has 0 saturated heterocycles. The molecule has 0 N–H and O–H groups in total. The molecule has 0 bridgehead atoms. The van der Waals surface area contributed by atoms with Gasteiger partial charge in [-0.15, -0.1) is 0 Å². The molecule has 4 aromatic rings. The van der Waals surface area contributed by atoms with Crippen LogP contribution in [0.3, 0.4) is 0 Å². The van der Waals surface area contributed by atoms with Crippen molar-refractivity contribution in [2.45, 2.75) is 12.4 Å². The van der Waals surface area contributed by atoms with Crippen LogP contribution in [-0.2, 0) is 12.4 Å². The van der Waals surface area contributed by atoms with Gasteiger partial charge in [0.1, 0.15) is 29.1 Å². The maximum atomic E-state index is 13.5. The average molecular weight is 457 g/mol. The van der Waals surface area contributed by atoms with Gasteiger partial charge < -0.3 is 0 Å². The molecule has 33 heavy (non-hydrogen) atoms. The number of nitrogens with zero attached hydrogens (tertiary/aromatic N) is 5. The second-order valence-corrected chi connectivity index (χ2v) is 6.83. The molecule has 0 spiro atoms. The first-order chi connectivity index (χ1) is 15.5. The Bertz CT molecular complexity index is 1510. The lowest BCUT2D eigenvalue weighted by Crippen LogP contribution is -2.18. The number of hydrogen-bond acceptors (Lipinski definition) is 4. The van der Waals surface area contributed by atoms with E-state index >= 15 is 0 Å². The van der Waals surface area contributed by atoms with Crippen LogP contribution in [0.2, 0.25) is 0 Å². The van der Waals surface area contributed by atoms with Crippen molar-refractivity contribution in [1.29, 1.82) is 10.5 Å². The third-order valence-corrected chi connectivity index (χ3v) is 4.78. The molecular weight excluding hydrogens is 448 g/mol. The van der Waals surface area contributed by atoms with Crippen molar-refractivity contribution in [2.24, 2.45) is 0 Å². The summed E-state index contributed by atoms with van der Waals surface area (Å²) in [5, 5.41) is 24.4. The third kappa shape index (κ3) is 3.85. The summed E-state index contributed by atoms with van der Waals surface area (Å²) in [6.45, 7) is 0. The van der Waals surface area contributed by atoms with Crippen LogP contribution in [0.15, 0.2) is 48.5 Å². The van der Waals surface area contributed by atoms with Crippen LogP contribution in [0.25, 0.3) is 28.1 Å². The number of alkyl halides is 6. The van der Waals surface area contributed by atoms with Gasteiger partial charge in [-0.2, -0.15) is 42.0 Å². The highest BCUT2D eigenvalue weighted by molar-refractivity contribution is 5.99. The fourth-order valence-electron chi connectivity index (χ4n) is 3.34. The molecule has 0 radical (unpaired) electrons. The lowest BCUT2D eigenvalue weighted by Gasteiger charge is -2.12. The Balaban J connectivity index is 2.04. The number of aromatic nitrogens is 3. The maximum Gasteiger partial charge on any atom is 0.433 e. The zero-order chi connectivity index (χ0) is 24.0. The molecule has 0 aliphatic carbocycles. The number of fused-ring (bicyclic) bond motifs is 2. The number of hydrogen-bond donors (Lipinski definition) is 0. The lowest BCUT2D eigenvalue weighted by atomic mass is 10.0. The van der Waals surface area contributed by atoms with E-state index < -0.39 is 40.6 Å². The molecule has 5 nitrogen and oxygen atoms in total. The zero-order valence-corrected chi connectivity index (χ0v) is 16.2. The van der Waals surface area contributed by atoms with Crippen molar-refractivity contribution < 1.29 is 26.3 Å². The summed E-state index contributed by atoms with van der Waals surface area (Å²) in [5.74, 6) is 0. The first kappa shape index (κ1) is 21.8. The lowest BCUT2D eigenvalue weighted by molar-refractivity contribution is -0.148. The fraction of sp³-hybridized carbons (Fsp3) is 0.0909. The molecule has 2 aromatic carbocycles. The minimum absolute atomic E-state index is 0.109. The summed E-state index contributed by atoms with van der Waals surface area (Å²) in [4.78, 5) is 3.20. The van der Waals surface area contributed by atoms with Crippen LogP contribution < -0.4 is 0 Å². The number of nitriles is 2. The van der Waals surface area contributed by atoms with Crippen LogP contribution in [0.1, 0.15) is 28.2 Å². The topological polar surface area (TPSA) is 77.8 Å². The van der Waals surface area contributed by atoms with Gasteiger partial charge in [0.05, 0.1) is 5.57 Å². The summed E-state index contributed by atoms with van der Waals surface area (Å²) < 4.78 is 80.2. The highest BCUT2D eigenvalue weighted by Gasteiger charge is 2.41. The summed E-state index contributed by atoms with van der Waals surface area (Å²) in [6.07, 6.45) is -9.12. The predicted molar refractivity (Wildman–Crippen MR) is 105 cm³/mol. The molecule has 164 valence electrons. The summed E-state index contributed by atoms with van der Waals surface area (Å²) >= 11 is 0. The Morgan fingerprint density at radius 1 is 0.939 bits per heavy atom. The van der Waals surface area contributed by atoms with Gasteiger partial charge in [0.25, 0.3) is 0 Å². The average Bonchev–Trinajstić information content (AvgIpc) is 3.13. The Morgan fingerprint density at radius 2 is 1.64 bits per heavy atom. The van der Waals surface area contributed by atoms with Gasteiger partial charge in [-0.25, -0.2) is 9.50 Å². The van der Waals surface area contributed by atoms with E-state index in [-0.39, 0.29) is 16.2 Å². The van der Waals surface area contributed by atoms with E-state index in [1.807, 2.05) is 12.1 Å². The van der Waals surface area contributed by atoms with E-state index in [9.17, 15) is 36.9 Å². The summed E-state index contributed by atoms with van der Waals surface area (Å²) in [7, 11) is 0. The van der Waals surface area contributed by atoms with Crippen molar-refractivity contribution in [3.8, 4) is 12.1 Å². The van der Waals surface area contributed by atoms with Gasteiger partial charge in [0.15, 0.2) is 11.3 Å². The van der Waals surface area contributed by atoms with Crippen molar-refractivity contribution in [2.75, 3.05) is 0 Å². The smallest absolute Gasteiger partial charge is 0.223 e. The van der Waals surface area contributed by atoms with E-state index in [2.05, 4.69) is 10.1 Å². The van der Waals surface area contributed by atoms with E-state index in [1.54, 1.807) is 42.5 Å². The van der Waals surface area contributed by atoms with Crippen LogP contribution in [-0.4, -0.2) is 14.6 Å². The first-order valence-corrected chi connectivity index (χ1v) is 9.13. The molecule has 0 atom stereocenters. The molecule has 0 fully saturated rings. The molecule has 0 saturated carbocycles. The predicted octanol–water partition coefficient (Wildman–Crippen LogP) is 5.86. The third-order valence-electron chi connectivity index (χ3n) is 4.78. The number of allylic oxidation sites excluding steroid dienone is 1. The van der Waals surface area contributed by atoms with E-state index in [1.165, 1.54) is 6.08 Å². The van der Waals surface area contributed by atoms with Crippen LogP contribution in [0, 0.1) is 22.7 Å². The zero-order valence-electron chi connectivity index (χ0n) is 16.2. The van der Waals surface area contributed by atoms with Crippen molar-refractivity contribution in [1.82, 2.24) is 14.6 Å². The monoisotopic (exact) mass is 457 g/mol. The van der Waals surface area contributed by atoms with Crippen LogP contribution in [0.4, 0.5) is 26.3 Å². The molecule has 0 aliphatic heterocycles. The van der Waals surface area contributed by atoms with Crippen LogP contribution in [0.5, 0.6) is 0 Å². The van der Waals surface area contributed by atoms with Crippen molar-refractivity contribution in [3.63, 3.8) is 0 Å². The second kappa shape index (κ2) is 7.64. The Morgan fingerprint density at radius 3 is 2.27 bits per heavy atom. The maximum absolute atomic E-state index is 13.5. The van der Waals surface area contributed by atoms with Crippen molar-refractivity contribution >= 4 is 28.1 Å². The minimum Gasteiger partial charge on any atom is -0.223 e. The van der Waals surface area contributed by atoms with Gasteiger partial charge in [0.2, 0.25) is 0 Å². The Hall–Kier alpha value is -4.38. The molecule has 11 heteroatoms. The fourth-order valence-corrected chi connectivity index (χ4v) is 3.34. The normalized spacial score (nSPS) is 12.7. The quantitative estimate of drug-likeness (QED) is 0.279. The van der Waals surface area contributed by atoms with E-state index in [0.717, 1.165) is 5.39 Å².